The van der Waals surface area contributed by atoms with E-state index in [9.17, 15) is 0 Å². The molecule has 0 fully saturated rings. The molecule has 246 valence electrons. The summed E-state index contributed by atoms with van der Waals surface area (Å²) in [7, 11) is 0. The molecule has 41 heavy (non-hydrogen) atoms. The Labute approximate surface area is 272 Å². The van der Waals surface area contributed by atoms with E-state index < -0.39 is 0 Å². The van der Waals surface area contributed by atoms with E-state index in [4.69, 9.17) is 0 Å². The predicted octanol–water partition coefficient (Wildman–Crippen LogP) is 15.7. The second-order valence-corrected chi connectivity index (χ2v) is 17.5. The van der Waals surface area contributed by atoms with Crippen molar-refractivity contribution < 1.29 is 1.43 Å². The Morgan fingerprint density at radius 2 is 0.366 bits per heavy atom. The molecule has 0 saturated carbocycles. The Kier molecular flexibility index (Phi) is 41.3. The van der Waals surface area contributed by atoms with Crippen LogP contribution < -0.4 is 0 Å². The van der Waals surface area contributed by atoms with Crippen molar-refractivity contribution in [2.45, 2.75) is 255 Å². The van der Waals surface area contributed by atoms with Gasteiger partial charge in [-0.2, -0.15) is 0 Å². The number of rotatable bonds is 38. The molecule has 0 rings (SSSR count). The Balaban J connectivity index is 0. The molecule has 0 spiro atoms. The minimum Gasteiger partial charge on any atom is -1.00 e. The molecule has 0 nitrogen and oxygen atoms in total. The second kappa shape index (κ2) is 40.6. The first-order valence-corrected chi connectivity index (χ1v) is 23.7. The molecule has 0 unspecified atom stereocenters. The zero-order chi connectivity index (χ0) is 29.6. The summed E-state index contributed by atoms with van der Waals surface area (Å²) in [4.78, 5) is 3.31. The molecular weight excluding hydrogens is 550 g/mol. The fourth-order valence-electron chi connectivity index (χ4n) is 6.52. The molecule has 1 heteroatoms. The fraction of sp³-hybridized carbons (Fsp3) is 1.00. The molecule has 0 aromatic rings. The molecule has 0 aliphatic rings. The van der Waals surface area contributed by atoms with Gasteiger partial charge in [-0.1, -0.05) is 104 Å². The van der Waals surface area contributed by atoms with Gasteiger partial charge in [-0.25, -0.2) is 0 Å². The van der Waals surface area contributed by atoms with Gasteiger partial charge in [0.05, 0.1) is 0 Å². The van der Waals surface area contributed by atoms with Gasteiger partial charge in [0.15, 0.2) is 0 Å². The zero-order valence-corrected chi connectivity index (χ0v) is 31.9. The van der Waals surface area contributed by atoms with Crippen LogP contribution in [0.4, 0.5) is 0 Å². The summed E-state index contributed by atoms with van der Waals surface area (Å²) >= 11 is 0.125. The molecule has 0 aliphatic carbocycles. The summed E-state index contributed by atoms with van der Waals surface area (Å²) in [6, 6.07) is 0. The number of hydrogen-bond acceptors (Lipinski definition) is 0. The van der Waals surface area contributed by atoms with Crippen LogP contribution in [0.2, 0.25) is 9.95 Å². The van der Waals surface area contributed by atoms with Crippen LogP contribution in [-0.4, -0.2) is 17.4 Å². The normalized spacial score (nSPS) is 11.4. The second-order valence-electron chi connectivity index (χ2n) is 13.9. The first-order chi connectivity index (χ1) is 20.4. The molecule has 0 radical (unpaired) electrons. The van der Waals surface area contributed by atoms with E-state index in [1.54, 1.807) is 22.8 Å². The van der Waals surface area contributed by atoms with Crippen LogP contribution in [0.15, 0.2) is 0 Å². The van der Waals surface area contributed by atoms with E-state index in [1.807, 2.05) is 0 Å². The molecule has 0 aromatic carbocycles. The van der Waals surface area contributed by atoms with Gasteiger partial charge >= 0.3 is 169 Å². The molecule has 0 aromatic heterocycles. The van der Waals surface area contributed by atoms with Crippen molar-refractivity contribution in [3.05, 3.63) is 0 Å². The minimum absolute atomic E-state index is 0. The van der Waals surface area contributed by atoms with Gasteiger partial charge in [-0.05, 0) is 0 Å². The minimum atomic E-state index is 0. The van der Waals surface area contributed by atoms with Crippen LogP contribution in [0.25, 0.3) is 0 Å². The first kappa shape index (κ1) is 41.6. The van der Waals surface area contributed by atoms with Crippen molar-refractivity contribution in [1.29, 1.82) is 0 Å². The SMILES string of the molecule is CCCCCCCCCCCCCCCCCCC[CH2][Ga+][CH2]CCCCCCCCCCCCCCCCCCC.[H-]. The molecular formula is C40H83Ga. The molecule has 0 heterocycles. The van der Waals surface area contributed by atoms with E-state index in [0.29, 0.717) is 0 Å². The van der Waals surface area contributed by atoms with Crippen LogP contribution in [0.3, 0.4) is 0 Å². The standard InChI is InChI=1S/2C20H41.Ga.H/c2*1-3-5-7-9-11-13-15-17-19-20-18-16-14-12-10-8-6-4-2;;/h2*1,3-20H2,2H3;;/q;;+1;-1. The van der Waals surface area contributed by atoms with Gasteiger partial charge in [0.25, 0.3) is 0 Å². The quantitative estimate of drug-likeness (QED) is 0.0469. The summed E-state index contributed by atoms with van der Waals surface area (Å²) in [5.74, 6) is 0. The molecule has 0 bridgehead atoms. The predicted molar refractivity (Wildman–Crippen MR) is 194 cm³/mol. The first-order valence-electron chi connectivity index (χ1n) is 20.2. The maximum absolute atomic E-state index is 2.31. The van der Waals surface area contributed by atoms with E-state index in [1.165, 1.54) is 218 Å². The van der Waals surface area contributed by atoms with Gasteiger partial charge in [0, 0.05) is 0 Å². The Morgan fingerprint density at radius 1 is 0.220 bits per heavy atom. The van der Waals surface area contributed by atoms with Gasteiger partial charge in [0.2, 0.25) is 0 Å². The molecule has 0 saturated heterocycles. The van der Waals surface area contributed by atoms with Crippen molar-refractivity contribution in [1.82, 2.24) is 0 Å². The Hall–Kier alpha value is 0.636. The van der Waals surface area contributed by atoms with Crippen molar-refractivity contribution in [2.75, 3.05) is 0 Å². The van der Waals surface area contributed by atoms with Crippen LogP contribution >= 0.6 is 0 Å². The van der Waals surface area contributed by atoms with E-state index in [0.717, 1.165) is 0 Å². The molecule has 0 N–H and O–H groups in total. The average molecular weight is 634 g/mol. The van der Waals surface area contributed by atoms with Gasteiger partial charge in [0.1, 0.15) is 0 Å². The average Bonchev–Trinajstić information content (AvgIpc) is 2.98. The van der Waals surface area contributed by atoms with Crippen molar-refractivity contribution in [3.63, 3.8) is 0 Å². The van der Waals surface area contributed by atoms with Crippen molar-refractivity contribution >= 4 is 17.4 Å². The van der Waals surface area contributed by atoms with E-state index in [2.05, 4.69) is 13.8 Å². The van der Waals surface area contributed by atoms with Gasteiger partial charge in [-0.3, -0.25) is 0 Å². The monoisotopic (exact) mass is 633 g/mol. The Bertz CT molecular complexity index is 388. The summed E-state index contributed by atoms with van der Waals surface area (Å²) < 4.78 is 0. The molecule has 0 amide bonds. The third-order valence-electron chi connectivity index (χ3n) is 9.52. The molecule has 0 atom stereocenters. The van der Waals surface area contributed by atoms with E-state index >= 15 is 0 Å². The maximum atomic E-state index is 2.31. The van der Waals surface area contributed by atoms with Gasteiger partial charge < -0.3 is 1.43 Å². The van der Waals surface area contributed by atoms with E-state index in [-0.39, 0.29) is 18.8 Å². The molecule has 0 aliphatic heterocycles. The smallest absolute Gasteiger partial charge is 1.00 e. The van der Waals surface area contributed by atoms with Crippen LogP contribution in [0.1, 0.15) is 246 Å². The Morgan fingerprint density at radius 3 is 0.537 bits per heavy atom. The third-order valence-corrected chi connectivity index (χ3v) is 12.9. The van der Waals surface area contributed by atoms with Gasteiger partial charge in [-0.15, -0.1) is 0 Å². The summed E-state index contributed by atoms with van der Waals surface area (Å²) in [5, 5.41) is 0. The third kappa shape index (κ3) is 40.6. The number of hydrogen-bond donors (Lipinski definition) is 0. The van der Waals surface area contributed by atoms with Crippen LogP contribution in [0, 0.1) is 0 Å². The topological polar surface area (TPSA) is 0 Å². The van der Waals surface area contributed by atoms with Crippen LogP contribution in [0.5, 0.6) is 0 Å². The van der Waals surface area contributed by atoms with Crippen LogP contribution in [-0.2, 0) is 0 Å². The van der Waals surface area contributed by atoms with Crippen molar-refractivity contribution in [2.24, 2.45) is 0 Å². The summed E-state index contributed by atoms with van der Waals surface area (Å²) in [5.41, 5.74) is 0. The van der Waals surface area contributed by atoms with Crippen molar-refractivity contribution in [3.8, 4) is 0 Å². The number of unbranched alkanes of at least 4 members (excludes halogenated alkanes) is 34. The summed E-state index contributed by atoms with van der Waals surface area (Å²) in [6.45, 7) is 4.62. The fourth-order valence-corrected chi connectivity index (χ4v) is 9.55. The zero-order valence-electron chi connectivity index (χ0n) is 30.4. The summed E-state index contributed by atoms with van der Waals surface area (Å²) in [6.07, 6.45) is 53.8.